The molecule has 0 aromatic heterocycles. The Kier molecular flexibility index (Phi) is 5.67. The van der Waals surface area contributed by atoms with E-state index in [1.54, 1.807) is 0 Å². The smallest absolute Gasteiger partial charge is 0.0187 e. The first-order valence-electron chi connectivity index (χ1n) is 6.12. The van der Waals surface area contributed by atoms with Crippen molar-refractivity contribution in [2.45, 2.75) is 11.8 Å². The van der Waals surface area contributed by atoms with E-state index in [1.807, 2.05) is 0 Å². The average molecular weight is 447 g/mol. The highest BCUT2D eigenvalue weighted by Crippen LogP contribution is 2.33. The van der Waals surface area contributed by atoms with Crippen molar-refractivity contribution < 1.29 is 0 Å². The molecule has 0 N–H and O–H groups in total. The predicted molar refractivity (Wildman–Crippen MR) is 93.6 cm³/mol. The van der Waals surface area contributed by atoms with Crippen molar-refractivity contribution >= 4 is 47.8 Å². The van der Waals surface area contributed by atoms with Crippen LogP contribution in [-0.4, -0.2) is 10.7 Å². The summed E-state index contributed by atoms with van der Waals surface area (Å²) in [5.74, 6) is 0. The van der Waals surface area contributed by atoms with Gasteiger partial charge in [0.2, 0.25) is 0 Å². The molecule has 0 bridgehead atoms. The Balaban J connectivity index is 2.34. The first kappa shape index (κ1) is 15.3. The van der Waals surface area contributed by atoms with E-state index >= 15 is 0 Å². The third-order valence-electron chi connectivity index (χ3n) is 3.35. The van der Waals surface area contributed by atoms with Crippen LogP contribution in [0.3, 0.4) is 0 Å². The molecule has 0 heterocycles. The van der Waals surface area contributed by atoms with E-state index in [-0.39, 0.29) is 5.41 Å². The van der Waals surface area contributed by atoms with Gasteiger partial charge in [0.1, 0.15) is 0 Å². The van der Waals surface area contributed by atoms with Crippen LogP contribution in [0.2, 0.25) is 0 Å². The van der Waals surface area contributed by atoms with E-state index in [0.29, 0.717) is 0 Å². The van der Waals surface area contributed by atoms with E-state index in [4.69, 9.17) is 0 Å². The largest absolute Gasteiger partial charge is 0.0918 e. The van der Waals surface area contributed by atoms with Gasteiger partial charge in [-0.3, -0.25) is 0 Å². The molecule has 19 heavy (non-hydrogen) atoms. The van der Waals surface area contributed by atoms with Gasteiger partial charge < -0.3 is 0 Å². The van der Waals surface area contributed by atoms with Gasteiger partial charge >= 0.3 is 0 Å². The van der Waals surface area contributed by atoms with Gasteiger partial charge in [0, 0.05) is 20.5 Å². The second-order valence-electron chi connectivity index (χ2n) is 4.72. The zero-order chi connectivity index (χ0) is 13.7. The Morgan fingerprint density at radius 3 is 1.89 bits per heavy atom. The summed E-state index contributed by atoms with van der Waals surface area (Å²) < 4.78 is 1.12. The Morgan fingerprint density at radius 1 is 0.789 bits per heavy atom. The average Bonchev–Trinajstić information content (AvgIpc) is 2.47. The summed E-state index contributed by atoms with van der Waals surface area (Å²) in [6.07, 6.45) is 1.02. The van der Waals surface area contributed by atoms with Crippen LogP contribution < -0.4 is 0 Å². The molecule has 0 aliphatic heterocycles. The first-order chi connectivity index (χ1) is 9.20. The van der Waals surface area contributed by atoms with Crippen molar-refractivity contribution in [3.05, 3.63) is 70.2 Å². The van der Waals surface area contributed by atoms with Crippen molar-refractivity contribution in [2.75, 3.05) is 10.7 Å². The lowest BCUT2D eigenvalue weighted by Crippen LogP contribution is -2.32. The zero-order valence-electron chi connectivity index (χ0n) is 10.5. The summed E-state index contributed by atoms with van der Waals surface area (Å²) in [6.45, 7) is 0. The maximum absolute atomic E-state index is 3.70. The van der Waals surface area contributed by atoms with Crippen molar-refractivity contribution in [1.82, 2.24) is 0 Å². The Hall–Kier alpha value is -0.120. The Morgan fingerprint density at radius 2 is 1.37 bits per heavy atom. The minimum Gasteiger partial charge on any atom is -0.0918 e. The van der Waals surface area contributed by atoms with Crippen molar-refractivity contribution in [1.29, 1.82) is 0 Å². The van der Waals surface area contributed by atoms with Gasteiger partial charge in [0.25, 0.3) is 0 Å². The topological polar surface area (TPSA) is 0 Å². The standard InChI is InChI=1S/C16H15Br3/c17-11-16(12-18,10-13-4-2-1-3-5-13)14-6-8-15(19)9-7-14/h1-9H,10-12H2. The van der Waals surface area contributed by atoms with E-state index < -0.39 is 0 Å². The fourth-order valence-corrected chi connectivity index (χ4v) is 4.41. The second-order valence-corrected chi connectivity index (χ2v) is 6.75. The monoisotopic (exact) mass is 444 g/mol. The SMILES string of the molecule is BrCC(CBr)(Cc1ccccc1)c1ccc(Br)cc1. The van der Waals surface area contributed by atoms with Gasteiger partial charge in [0.15, 0.2) is 0 Å². The minimum absolute atomic E-state index is 0.0854. The molecule has 0 aliphatic carbocycles. The molecule has 0 radical (unpaired) electrons. The molecule has 0 saturated carbocycles. The summed E-state index contributed by atoms with van der Waals surface area (Å²) >= 11 is 10.9. The van der Waals surface area contributed by atoms with Crippen molar-refractivity contribution in [2.24, 2.45) is 0 Å². The van der Waals surface area contributed by atoms with Gasteiger partial charge in [-0.1, -0.05) is 90.3 Å². The molecule has 2 aromatic rings. The summed E-state index contributed by atoms with van der Waals surface area (Å²) in [5.41, 5.74) is 2.81. The number of alkyl halides is 2. The third kappa shape index (κ3) is 3.71. The molecular weight excluding hydrogens is 432 g/mol. The van der Waals surface area contributed by atoms with Gasteiger partial charge in [-0.05, 0) is 29.7 Å². The molecule has 2 rings (SSSR count). The van der Waals surface area contributed by atoms with Gasteiger partial charge in [-0.2, -0.15) is 0 Å². The number of hydrogen-bond donors (Lipinski definition) is 0. The summed E-state index contributed by atoms with van der Waals surface area (Å²) in [6, 6.07) is 19.3. The third-order valence-corrected chi connectivity index (χ3v) is 6.03. The number of benzene rings is 2. The highest BCUT2D eigenvalue weighted by atomic mass is 79.9. The fourth-order valence-electron chi connectivity index (χ4n) is 2.18. The maximum atomic E-state index is 3.70. The van der Waals surface area contributed by atoms with Crippen LogP contribution in [0, 0.1) is 0 Å². The molecule has 0 amide bonds. The van der Waals surface area contributed by atoms with E-state index in [1.165, 1.54) is 11.1 Å². The van der Waals surface area contributed by atoms with Crippen LogP contribution in [0.4, 0.5) is 0 Å². The highest BCUT2D eigenvalue weighted by Gasteiger charge is 2.30. The molecule has 0 unspecified atom stereocenters. The zero-order valence-corrected chi connectivity index (χ0v) is 15.2. The second kappa shape index (κ2) is 7.05. The molecule has 100 valence electrons. The predicted octanol–water partition coefficient (Wildman–Crippen LogP) is 5.72. The lowest BCUT2D eigenvalue weighted by atomic mass is 9.79. The lowest BCUT2D eigenvalue weighted by Gasteiger charge is -2.31. The van der Waals surface area contributed by atoms with E-state index in [0.717, 1.165) is 21.6 Å². The molecule has 0 fully saturated rings. The van der Waals surface area contributed by atoms with Crippen molar-refractivity contribution in [3.63, 3.8) is 0 Å². The number of halogens is 3. The van der Waals surface area contributed by atoms with Crippen LogP contribution in [0.15, 0.2) is 59.1 Å². The molecule has 2 aromatic carbocycles. The van der Waals surface area contributed by atoms with Gasteiger partial charge in [-0.15, -0.1) is 0 Å². The Labute approximate surface area is 140 Å². The molecule has 0 atom stereocenters. The van der Waals surface area contributed by atoms with Crippen LogP contribution in [-0.2, 0) is 11.8 Å². The van der Waals surface area contributed by atoms with E-state index in [2.05, 4.69) is 102 Å². The normalized spacial score (nSPS) is 11.5. The quantitative estimate of drug-likeness (QED) is 0.515. The van der Waals surface area contributed by atoms with Crippen LogP contribution in [0.25, 0.3) is 0 Å². The first-order valence-corrected chi connectivity index (χ1v) is 9.16. The Bertz CT molecular complexity index is 501. The summed E-state index contributed by atoms with van der Waals surface area (Å²) in [7, 11) is 0. The lowest BCUT2D eigenvalue weighted by molar-refractivity contribution is 0.551. The maximum Gasteiger partial charge on any atom is 0.0187 e. The summed E-state index contributed by atoms with van der Waals surface area (Å²) in [4.78, 5) is 0. The van der Waals surface area contributed by atoms with Crippen LogP contribution >= 0.6 is 47.8 Å². The fraction of sp³-hybridized carbons (Fsp3) is 0.250. The molecule has 0 spiro atoms. The molecule has 3 heteroatoms. The number of hydrogen-bond acceptors (Lipinski definition) is 0. The summed E-state index contributed by atoms with van der Waals surface area (Å²) in [5, 5.41) is 1.86. The molecule has 0 nitrogen and oxygen atoms in total. The molecule has 0 aliphatic rings. The molecule has 0 saturated heterocycles. The number of rotatable bonds is 5. The molecular formula is C16H15Br3. The highest BCUT2D eigenvalue weighted by molar-refractivity contribution is 9.10. The van der Waals surface area contributed by atoms with Crippen LogP contribution in [0.5, 0.6) is 0 Å². The minimum atomic E-state index is 0.0854. The van der Waals surface area contributed by atoms with Gasteiger partial charge in [-0.25, -0.2) is 0 Å². The van der Waals surface area contributed by atoms with Crippen LogP contribution in [0.1, 0.15) is 11.1 Å². The van der Waals surface area contributed by atoms with E-state index in [9.17, 15) is 0 Å². The van der Waals surface area contributed by atoms with Gasteiger partial charge in [0.05, 0.1) is 0 Å². The van der Waals surface area contributed by atoms with Crippen molar-refractivity contribution in [3.8, 4) is 0 Å².